The Morgan fingerprint density at radius 2 is 0.938 bits per heavy atom. The highest BCUT2D eigenvalue weighted by Crippen LogP contribution is 2.68. The lowest BCUT2D eigenvalue weighted by molar-refractivity contribution is -0.148. The quantitative estimate of drug-likeness (QED) is 0.338. The molecule has 2 unspecified atom stereocenters. The van der Waals surface area contributed by atoms with Crippen LogP contribution in [-0.4, -0.2) is 63.9 Å². The van der Waals surface area contributed by atoms with E-state index in [1.807, 2.05) is 27.7 Å². The van der Waals surface area contributed by atoms with Gasteiger partial charge in [0.1, 0.15) is 0 Å². The molecule has 186 valence electrons. The molecule has 0 aromatic rings. The van der Waals surface area contributed by atoms with Gasteiger partial charge in [0.2, 0.25) is 0 Å². The molecule has 0 N–H and O–H groups in total. The zero-order valence-electron chi connectivity index (χ0n) is 19.8. The molecule has 2 atom stereocenters. The number of methoxy groups -OCH3 is 2. The molecule has 0 amide bonds. The van der Waals surface area contributed by atoms with Gasteiger partial charge in [-0.3, -0.25) is 18.7 Å². The normalized spacial score (nSPS) is 25.3. The molecule has 0 bridgehead atoms. The Hall–Kier alpha value is -0.760. The summed E-state index contributed by atoms with van der Waals surface area (Å²) in [5.41, 5.74) is -4.46. The lowest BCUT2D eigenvalue weighted by Crippen LogP contribution is -2.47. The fourth-order valence-corrected chi connectivity index (χ4v) is 9.06. The summed E-state index contributed by atoms with van der Waals surface area (Å²) >= 11 is 0. The molecule has 2 saturated heterocycles. The van der Waals surface area contributed by atoms with Gasteiger partial charge in [-0.2, -0.15) is 0 Å². The first-order chi connectivity index (χ1) is 15.0. The zero-order valence-corrected chi connectivity index (χ0v) is 21.6. The van der Waals surface area contributed by atoms with Crippen LogP contribution in [0.4, 0.5) is 0 Å². The van der Waals surface area contributed by atoms with E-state index in [4.69, 9.17) is 27.6 Å². The molecule has 2 rings (SSSR count). The highest BCUT2D eigenvalue weighted by atomic mass is 31.2. The van der Waals surface area contributed by atoms with Gasteiger partial charge in [-0.25, -0.2) is 0 Å². The Labute approximate surface area is 190 Å². The molecule has 0 aliphatic carbocycles. The Morgan fingerprint density at radius 1 is 0.688 bits per heavy atom. The van der Waals surface area contributed by atoms with Crippen LogP contribution in [0.1, 0.15) is 53.4 Å². The summed E-state index contributed by atoms with van der Waals surface area (Å²) in [5.74, 6) is -2.15. The monoisotopic (exact) mass is 498 g/mol. The standard InChI is InChI=1S/C20H36O10P2/c1-7-19(8-2)11-27-31(23,28-12-19)15(17(21)25-5)16(18(22)26-6)32(24)29-13-20(9-3,10-4)14-30-32/h15-16H,7-14H2,1-6H3. The maximum atomic E-state index is 13.8. The minimum atomic E-state index is -4.29. The van der Waals surface area contributed by atoms with Crippen LogP contribution in [-0.2, 0) is 46.3 Å². The van der Waals surface area contributed by atoms with Gasteiger partial charge >= 0.3 is 27.1 Å². The van der Waals surface area contributed by atoms with E-state index in [0.717, 1.165) is 14.2 Å². The molecule has 0 saturated carbocycles. The van der Waals surface area contributed by atoms with Gasteiger partial charge in [-0.05, 0) is 25.7 Å². The Balaban J connectivity index is 2.46. The van der Waals surface area contributed by atoms with Crippen molar-refractivity contribution in [1.82, 2.24) is 0 Å². The summed E-state index contributed by atoms with van der Waals surface area (Å²) in [6.07, 6.45) is 2.81. The number of carbonyl (C=O) groups excluding carboxylic acids is 2. The third-order valence-corrected chi connectivity index (χ3v) is 11.6. The molecule has 2 aliphatic heterocycles. The molecule has 0 aromatic heterocycles. The number of hydrogen-bond donors (Lipinski definition) is 0. The number of esters is 2. The van der Waals surface area contributed by atoms with Crippen LogP contribution in [0.25, 0.3) is 0 Å². The van der Waals surface area contributed by atoms with Crippen LogP contribution in [0.15, 0.2) is 0 Å². The topological polar surface area (TPSA) is 124 Å². The molecular weight excluding hydrogens is 462 g/mol. The molecule has 2 heterocycles. The van der Waals surface area contributed by atoms with Crippen LogP contribution >= 0.6 is 15.2 Å². The minimum Gasteiger partial charge on any atom is -0.468 e. The summed E-state index contributed by atoms with van der Waals surface area (Å²) in [5, 5.41) is 0. The van der Waals surface area contributed by atoms with E-state index < -0.39 is 38.4 Å². The van der Waals surface area contributed by atoms with E-state index in [1.165, 1.54) is 0 Å². The molecule has 0 aromatic carbocycles. The van der Waals surface area contributed by atoms with Gasteiger partial charge < -0.3 is 27.6 Å². The first kappa shape index (κ1) is 27.5. The van der Waals surface area contributed by atoms with Crippen LogP contribution in [0.3, 0.4) is 0 Å². The fourth-order valence-electron chi connectivity index (χ4n) is 3.81. The van der Waals surface area contributed by atoms with E-state index in [2.05, 4.69) is 0 Å². The molecule has 0 radical (unpaired) electrons. The van der Waals surface area contributed by atoms with Crippen molar-refractivity contribution in [2.45, 2.75) is 64.7 Å². The van der Waals surface area contributed by atoms with Crippen molar-refractivity contribution in [2.24, 2.45) is 10.8 Å². The fraction of sp³-hybridized carbons (Fsp3) is 0.900. The smallest absolute Gasteiger partial charge is 0.346 e. The van der Waals surface area contributed by atoms with Crippen LogP contribution in [0.2, 0.25) is 0 Å². The van der Waals surface area contributed by atoms with E-state index in [9.17, 15) is 18.7 Å². The summed E-state index contributed by atoms with van der Waals surface area (Å²) in [4.78, 5) is 25.6. The predicted octanol–water partition coefficient (Wildman–Crippen LogP) is 4.16. The second kappa shape index (κ2) is 10.7. The van der Waals surface area contributed by atoms with Gasteiger partial charge in [0.15, 0.2) is 11.3 Å². The van der Waals surface area contributed by atoms with E-state index in [0.29, 0.717) is 25.7 Å². The van der Waals surface area contributed by atoms with Crippen molar-refractivity contribution in [3.05, 3.63) is 0 Å². The maximum absolute atomic E-state index is 13.8. The highest BCUT2D eigenvalue weighted by Gasteiger charge is 2.62. The van der Waals surface area contributed by atoms with Crippen LogP contribution in [0.5, 0.6) is 0 Å². The van der Waals surface area contributed by atoms with Crippen molar-refractivity contribution in [3.8, 4) is 0 Å². The first-order valence-corrected chi connectivity index (χ1v) is 14.2. The van der Waals surface area contributed by atoms with Gasteiger partial charge in [0.25, 0.3) is 0 Å². The summed E-state index contributed by atoms with van der Waals surface area (Å²) in [7, 11) is -6.44. The average molecular weight is 498 g/mol. The molecule has 2 fully saturated rings. The molecule has 0 spiro atoms. The summed E-state index contributed by atoms with van der Waals surface area (Å²) in [6, 6.07) is 0. The van der Waals surface area contributed by atoms with E-state index >= 15 is 0 Å². The minimum absolute atomic E-state index is 0.0550. The van der Waals surface area contributed by atoms with Gasteiger partial charge in [-0.1, -0.05) is 27.7 Å². The van der Waals surface area contributed by atoms with Crippen molar-refractivity contribution in [2.75, 3.05) is 40.6 Å². The SMILES string of the molecule is CCC1(CC)COP(=O)(C(C(=O)OC)C(C(=O)OC)P2(=O)OCC(CC)(CC)CO2)OC1. The number of ether oxygens (including phenoxy) is 2. The predicted molar refractivity (Wildman–Crippen MR) is 117 cm³/mol. The number of rotatable bonds is 9. The largest absolute Gasteiger partial charge is 0.468 e. The van der Waals surface area contributed by atoms with Crippen molar-refractivity contribution < 1.29 is 46.3 Å². The van der Waals surface area contributed by atoms with Gasteiger partial charge in [-0.15, -0.1) is 0 Å². The number of hydrogen-bond acceptors (Lipinski definition) is 10. The second-order valence-corrected chi connectivity index (χ2v) is 12.8. The van der Waals surface area contributed by atoms with E-state index in [1.54, 1.807) is 0 Å². The second-order valence-electron chi connectivity index (χ2n) is 8.52. The van der Waals surface area contributed by atoms with Crippen LogP contribution < -0.4 is 0 Å². The van der Waals surface area contributed by atoms with E-state index in [-0.39, 0.29) is 37.3 Å². The lowest BCUT2D eigenvalue weighted by atomic mass is 9.84. The Kier molecular flexibility index (Phi) is 9.16. The molecule has 2 aliphatic rings. The molecule has 12 heteroatoms. The lowest BCUT2D eigenvalue weighted by Gasteiger charge is -2.43. The number of carbonyl (C=O) groups is 2. The van der Waals surface area contributed by atoms with Gasteiger partial charge in [0, 0.05) is 10.8 Å². The third kappa shape index (κ3) is 5.16. The summed E-state index contributed by atoms with van der Waals surface area (Å²) < 4.78 is 59.7. The maximum Gasteiger partial charge on any atom is 0.346 e. The molecule has 10 nitrogen and oxygen atoms in total. The Bertz CT molecular complexity index is 682. The zero-order chi connectivity index (χ0) is 24.2. The first-order valence-electron chi connectivity index (χ1n) is 11.0. The van der Waals surface area contributed by atoms with Crippen molar-refractivity contribution in [1.29, 1.82) is 0 Å². The highest BCUT2D eigenvalue weighted by molar-refractivity contribution is 7.60. The molecular formula is C20H36O10P2. The van der Waals surface area contributed by atoms with Gasteiger partial charge in [0.05, 0.1) is 40.6 Å². The van der Waals surface area contributed by atoms with Crippen molar-refractivity contribution >= 4 is 27.1 Å². The molecule has 32 heavy (non-hydrogen) atoms. The van der Waals surface area contributed by atoms with Crippen LogP contribution in [0, 0.1) is 10.8 Å². The summed E-state index contributed by atoms with van der Waals surface area (Å²) in [6.45, 7) is 8.04. The Morgan fingerprint density at radius 3 is 1.12 bits per heavy atom. The average Bonchev–Trinajstić information content (AvgIpc) is 2.83. The third-order valence-electron chi connectivity index (χ3n) is 7.07. The van der Waals surface area contributed by atoms with Crippen molar-refractivity contribution in [3.63, 3.8) is 0 Å².